The average molecular weight is 540 g/mol. The Morgan fingerprint density at radius 1 is 1.16 bits per heavy atom. The molecule has 0 aliphatic rings. The summed E-state index contributed by atoms with van der Waals surface area (Å²) >= 11 is 1.13. The topological polar surface area (TPSA) is 100 Å². The molecular formula is C23H21F4N5O4S. The highest BCUT2D eigenvalue weighted by atomic mass is 32.1. The summed E-state index contributed by atoms with van der Waals surface area (Å²) in [6.07, 6.45) is -1.75. The predicted octanol–water partition coefficient (Wildman–Crippen LogP) is 5.08. The average Bonchev–Trinajstić information content (AvgIpc) is 3.49. The van der Waals surface area contributed by atoms with E-state index in [1.54, 1.807) is 19.1 Å². The van der Waals surface area contributed by atoms with Crippen LogP contribution in [0.1, 0.15) is 28.8 Å². The van der Waals surface area contributed by atoms with Gasteiger partial charge in [-0.3, -0.25) is 0 Å². The molecule has 37 heavy (non-hydrogen) atoms. The van der Waals surface area contributed by atoms with Crippen LogP contribution in [0, 0.1) is 11.6 Å². The first-order valence-electron chi connectivity index (χ1n) is 10.9. The number of carbonyl (C=O) groups is 1. The van der Waals surface area contributed by atoms with Crippen molar-refractivity contribution in [2.75, 3.05) is 32.7 Å². The third-order valence-corrected chi connectivity index (χ3v) is 6.37. The Morgan fingerprint density at radius 2 is 1.95 bits per heavy atom. The number of benzene rings is 1. The third kappa shape index (κ3) is 5.14. The number of anilines is 1. The number of nitrogens with zero attached hydrogens (tertiary/aromatic N) is 4. The van der Waals surface area contributed by atoms with Gasteiger partial charge >= 0.3 is 5.97 Å². The molecule has 0 saturated carbocycles. The molecule has 0 aliphatic carbocycles. The molecule has 4 rings (SSSR count). The van der Waals surface area contributed by atoms with Crippen molar-refractivity contribution < 1.29 is 36.6 Å². The van der Waals surface area contributed by atoms with E-state index in [1.807, 2.05) is 0 Å². The number of esters is 1. The number of rotatable bonds is 10. The van der Waals surface area contributed by atoms with Crippen molar-refractivity contribution in [2.45, 2.75) is 19.9 Å². The second kappa shape index (κ2) is 11.0. The molecule has 0 radical (unpaired) electrons. The van der Waals surface area contributed by atoms with Gasteiger partial charge in [-0.1, -0.05) is 0 Å². The fourth-order valence-electron chi connectivity index (χ4n) is 3.66. The second-order valence-electron chi connectivity index (χ2n) is 7.44. The summed E-state index contributed by atoms with van der Waals surface area (Å²) in [6.45, 7) is 1.96. The van der Waals surface area contributed by atoms with Crippen LogP contribution in [-0.2, 0) is 11.3 Å². The monoisotopic (exact) mass is 539 g/mol. The van der Waals surface area contributed by atoms with Gasteiger partial charge in [-0.2, -0.15) is 0 Å². The highest BCUT2D eigenvalue weighted by Crippen LogP contribution is 2.37. The molecule has 0 saturated heterocycles. The minimum Gasteiger partial charge on any atom is -0.494 e. The number of aromatic nitrogens is 4. The van der Waals surface area contributed by atoms with Crippen molar-refractivity contribution in [3.8, 4) is 22.1 Å². The molecule has 0 aliphatic heterocycles. The Kier molecular flexibility index (Phi) is 7.76. The SMILES string of the molecule is CCOc1cc(-c2cc(NCCn3c(C(F)F)nc4c(OC)cc(F)c(F)c43)ncn2)sc1C(=O)OC. The molecule has 196 valence electrons. The van der Waals surface area contributed by atoms with Gasteiger partial charge in [0.15, 0.2) is 22.3 Å². The summed E-state index contributed by atoms with van der Waals surface area (Å²) < 4.78 is 72.2. The van der Waals surface area contributed by atoms with E-state index in [1.165, 1.54) is 20.5 Å². The van der Waals surface area contributed by atoms with Crippen LogP contribution in [0.5, 0.6) is 11.5 Å². The number of ether oxygens (including phenoxy) is 3. The number of hydrogen-bond donors (Lipinski definition) is 1. The number of halogens is 4. The van der Waals surface area contributed by atoms with Gasteiger partial charge in [0, 0.05) is 31.3 Å². The highest BCUT2D eigenvalue weighted by molar-refractivity contribution is 7.17. The maximum absolute atomic E-state index is 14.6. The number of fused-ring (bicyclic) bond motifs is 1. The number of imidazole rings is 1. The molecule has 0 atom stereocenters. The van der Waals surface area contributed by atoms with Gasteiger partial charge in [0.2, 0.25) is 0 Å². The minimum atomic E-state index is -3.03. The first-order chi connectivity index (χ1) is 17.8. The van der Waals surface area contributed by atoms with Crippen molar-refractivity contribution >= 4 is 34.2 Å². The van der Waals surface area contributed by atoms with Gasteiger partial charge in [0.05, 0.1) is 31.4 Å². The van der Waals surface area contributed by atoms with Crippen LogP contribution < -0.4 is 14.8 Å². The Hall–Kier alpha value is -3.94. The van der Waals surface area contributed by atoms with E-state index in [4.69, 9.17) is 14.2 Å². The summed E-state index contributed by atoms with van der Waals surface area (Å²) in [4.78, 5) is 25.1. The molecule has 9 nitrogen and oxygen atoms in total. The smallest absolute Gasteiger partial charge is 0.351 e. The molecule has 0 bridgehead atoms. The molecule has 4 aromatic rings. The minimum absolute atomic E-state index is 0.0158. The Balaban J connectivity index is 1.59. The van der Waals surface area contributed by atoms with Crippen LogP contribution in [0.15, 0.2) is 24.5 Å². The summed E-state index contributed by atoms with van der Waals surface area (Å²) in [5.74, 6) is -3.27. The molecule has 0 spiro atoms. The Labute approximate surface area is 212 Å². The lowest BCUT2D eigenvalue weighted by Gasteiger charge is -2.11. The predicted molar refractivity (Wildman–Crippen MR) is 128 cm³/mol. The van der Waals surface area contributed by atoms with Crippen LogP contribution in [-0.4, -0.2) is 52.9 Å². The van der Waals surface area contributed by atoms with Gasteiger partial charge in [-0.15, -0.1) is 11.3 Å². The lowest BCUT2D eigenvalue weighted by atomic mass is 10.2. The van der Waals surface area contributed by atoms with Crippen molar-refractivity contribution in [2.24, 2.45) is 0 Å². The zero-order valence-corrected chi connectivity index (χ0v) is 20.7. The lowest BCUT2D eigenvalue weighted by Crippen LogP contribution is -2.14. The standard InChI is InChI=1S/C23H21F4N5O4S/c1-4-36-14-9-15(37-20(14)23(33)35-3)12-8-16(30-10-29-12)28-5-6-32-19-17(25)11(24)7-13(34-2)18(19)31-22(32)21(26)27/h7-10,21H,4-6H2,1-3H3,(H,28,29,30). The largest absolute Gasteiger partial charge is 0.494 e. The zero-order chi connectivity index (χ0) is 26.7. The molecule has 1 N–H and O–H groups in total. The fourth-order valence-corrected chi connectivity index (χ4v) is 4.64. The lowest BCUT2D eigenvalue weighted by molar-refractivity contribution is 0.0602. The number of carbonyl (C=O) groups excluding carboxylic acids is 1. The van der Waals surface area contributed by atoms with E-state index in [0.717, 1.165) is 22.0 Å². The fraction of sp³-hybridized carbons (Fsp3) is 0.304. The Bertz CT molecular complexity index is 1440. The van der Waals surface area contributed by atoms with Gasteiger partial charge in [0.1, 0.15) is 34.7 Å². The van der Waals surface area contributed by atoms with Crippen molar-refractivity contribution in [1.29, 1.82) is 0 Å². The van der Waals surface area contributed by atoms with Gasteiger partial charge < -0.3 is 24.1 Å². The second-order valence-corrected chi connectivity index (χ2v) is 8.49. The highest BCUT2D eigenvalue weighted by Gasteiger charge is 2.26. The maximum atomic E-state index is 14.6. The summed E-state index contributed by atoms with van der Waals surface area (Å²) in [6, 6.07) is 4.01. The third-order valence-electron chi connectivity index (χ3n) is 5.25. The van der Waals surface area contributed by atoms with Gasteiger partial charge in [-0.05, 0) is 6.92 Å². The van der Waals surface area contributed by atoms with Gasteiger partial charge in [-0.25, -0.2) is 37.3 Å². The van der Waals surface area contributed by atoms with E-state index in [-0.39, 0.29) is 29.2 Å². The quantitative estimate of drug-likeness (QED) is 0.220. The molecule has 1 aromatic carbocycles. The number of hydrogen-bond acceptors (Lipinski definition) is 9. The zero-order valence-electron chi connectivity index (χ0n) is 19.9. The van der Waals surface area contributed by atoms with E-state index in [2.05, 4.69) is 20.3 Å². The molecule has 0 amide bonds. The summed E-state index contributed by atoms with van der Waals surface area (Å²) in [5, 5.41) is 2.96. The van der Waals surface area contributed by atoms with Crippen molar-refractivity contribution in [1.82, 2.24) is 19.5 Å². The van der Waals surface area contributed by atoms with E-state index in [0.29, 0.717) is 28.7 Å². The van der Waals surface area contributed by atoms with E-state index < -0.39 is 35.4 Å². The molecule has 0 unspecified atom stereocenters. The van der Waals surface area contributed by atoms with Crippen molar-refractivity contribution in [3.63, 3.8) is 0 Å². The molecule has 14 heteroatoms. The molecule has 0 fully saturated rings. The number of nitrogens with one attached hydrogen (secondary N) is 1. The Morgan fingerprint density at radius 3 is 2.62 bits per heavy atom. The van der Waals surface area contributed by atoms with E-state index in [9.17, 15) is 22.4 Å². The van der Waals surface area contributed by atoms with Crippen LogP contribution in [0.2, 0.25) is 0 Å². The number of thiophene rings is 1. The molecule has 3 aromatic heterocycles. The van der Waals surface area contributed by atoms with Crippen LogP contribution in [0.4, 0.5) is 23.4 Å². The van der Waals surface area contributed by atoms with Crippen molar-refractivity contribution in [3.05, 3.63) is 46.9 Å². The van der Waals surface area contributed by atoms with Gasteiger partial charge in [0.25, 0.3) is 6.43 Å². The molecule has 3 heterocycles. The van der Waals surface area contributed by atoms with E-state index >= 15 is 0 Å². The number of alkyl halides is 2. The van der Waals surface area contributed by atoms with Crippen LogP contribution >= 0.6 is 11.3 Å². The summed E-state index contributed by atoms with van der Waals surface area (Å²) in [7, 11) is 2.48. The first-order valence-corrected chi connectivity index (χ1v) is 11.7. The normalized spacial score (nSPS) is 11.2. The van der Waals surface area contributed by atoms with Crippen LogP contribution in [0.25, 0.3) is 21.6 Å². The van der Waals surface area contributed by atoms with Crippen LogP contribution in [0.3, 0.4) is 0 Å². The summed E-state index contributed by atoms with van der Waals surface area (Å²) in [5.41, 5.74) is -0.155. The number of methoxy groups -OCH3 is 2. The first kappa shape index (κ1) is 26.1. The molecular weight excluding hydrogens is 518 g/mol. The maximum Gasteiger partial charge on any atom is 0.351 e.